The zero-order chi connectivity index (χ0) is 18.0. The third-order valence-corrected chi connectivity index (χ3v) is 7.24. The van der Waals surface area contributed by atoms with Crippen LogP contribution < -0.4 is 0 Å². The fraction of sp³-hybridized carbons (Fsp3) is 0.333. The molecule has 0 aliphatic carbocycles. The Balaban J connectivity index is 1.39. The fourth-order valence-electron chi connectivity index (χ4n) is 3.90. The number of nitrogens with one attached hydrogen (secondary N) is 1. The molecule has 1 N–H and O–H groups in total. The molecular formula is C21H24N2O2S. The highest BCUT2D eigenvalue weighted by atomic mass is 32.2. The Bertz CT molecular complexity index is 979. The first-order chi connectivity index (χ1) is 12.6. The maximum absolute atomic E-state index is 12.7. The van der Waals surface area contributed by atoms with Crippen LogP contribution in [0.3, 0.4) is 0 Å². The second kappa shape index (κ2) is 7.25. The van der Waals surface area contributed by atoms with E-state index in [0.717, 1.165) is 18.4 Å². The maximum Gasteiger partial charge on any atom is 0.214 e. The molecule has 2 heterocycles. The highest BCUT2D eigenvalue weighted by molar-refractivity contribution is 7.89. The number of aryl methyl sites for hydroxylation is 1. The first-order valence-corrected chi connectivity index (χ1v) is 10.8. The number of rotatable bonds is 6. The predicted molar refractivity (Wildman–Crippen MR) is 106 cm³/mol. The van der Waals surface area contributed by atoms with E-state index in [1.165, 1.54) is 16.5 Å². The normalized spacial score (nSPS) is 18.5. The molecule has 0 spiro atoms. The van der Waals surface area contributed by atoms with Gasteiger partial charge in [0.05, 0.1) is 5.75 Å². The number of aromatic nitrogens is 1. The Kier molecular flexibility index (Phi) is 4.83. The Hall–Kier alpha value is -2.11. The van der Waals surface area contributed by atoms with E-state index < -0.39 is 10.0 Å². The van der Waals surface area contributed by atoms with E-state index >= 15 is 0 Å². The molecular weight excluding hydrogens is 344 g/mol. The molecule has 0 saturated carbocycles. The molecule has 136 valence electrons. The van der Waals surface area contributed by atoms with Crippen molar-refractivity contribution < 1.29 is 8.42 Å². The van der Waals surface area contributed by atoms with Crippen molar-refractivity contribution in [1.82, 2.24) is 9.29 Å². The van der Waals surface area contributed by atoms with Crippen LogP contribution in [0.15, 0.2) is 60.8 Å². The summed E-state index contributed by atoms with van der Waals surface area (Å²) in [6.07, 6.45) is 4.40. The summed E-state index contributed by atoms with van der Waals surface area (Å²) in [7, 11) is -3.18. The lowest BCUT2D eigenvalue weighted by atomic mass is 9.98. The van der Waals surface area contributed by atoms with Crippen LogP contribution in [0.4, 0.5) is 0 Å². The van der Waals surface area contributed by atoms with E-state index in [1.807, 2.05) is 36.5 Å². The van der Waals surface area contributed by atoms with E-state index in [0.29, 0.717) is 19.5 Å². The van der Waals surface area contributed by atoms with Gasteiger partial charge in [0.1, 0.15) is 0 Å². The van der Waals surface area contributed by atoms with Crippen LogP contribution in [0.1, 0.15) is 29.9 Å². The van der Waals surface area contributed by atoms with Gasteiger partial charge in [0, 0.05) is 36.1 Å². The first kappa shape index (κ1) is 17.3. The van der Waals surface area contributed by atoms with Crippen LogP contribution >= 0.6 is 0 Å². The third-order valence-electron chi connectivity index (χ3n) is 5.32. The highest BCUT2D eigenvalue weighted by Crippen LogP contribution is 2.33. The van der Waals surface area contributed by atoms with Gasteiger partial charge in [-0.05, 0) is 36.5 Å². The summed E-state index contributed by atoms with van der Waals surface area (Å²) in [5.41, 5.74) is 3.55. The zero-order valence-corrected chi connectivity index (χ0v) is 15.6. The van der Waals surface area contributed by atoms with Crippen molar-refractivity contribution in [3.8, 4) is 0 Å². The Morgan fingerprint density at radius 2 is 1.81 bits per heavy atom. The van der Waals surface area contributed by atoms with Gasteiger partial charge in [-0.3, -0.25) is 0 Å². The van der Waals surface area contributed by atoms with Gasteiger partial charge in [-0.25, -0.2) is 12.7 Å². The average Bonchev–Trinajstić information content (AvgIpc) is 3.30. The quantitative estimate of drug-likeness (QED) is 0.717. The number of H-pyrrole nitrogens is 1. The van der Waals surface area contributed by atoms with Crippen molar-refractivity contribution in [1.29, 1.82) is 0 Å². The van der Waals surface area contributed by atoms with Crippen molar-refractivity contribution in [2.24, 2.45) is 0 Å². The number of hydrogen-bond acceptors (Lipinski definition) is 2. The molecule has 1 unspecified atom stereocenters. The van der Waals surface area contributed by atoms with Crippen molar-refractivity contribution >= 4 is 20.9 Å². The predicted octanol–water partition coefficient (Wildman–Crippen LogP) is 3.92. The van der Waals surface area contributed by atoms with E-state index in [1.54, 1.807) is 4.31 Å². The summed E-state index contributed by atoms with van der Waals surface area (Å²) in [5, 5.41) is 1.21. The van der Waals surface area contributed by atoms with Crippen LogP contribution in [-0.4, -0.2) is 36.5 Å². The highest BCUT2D eigenvalue weighted by Gasteiger charge is 2.32. The number of fused-ring (bicyclic) bond motifs is 1. The number of aromatic amines is 1. The van der Waals surface area contributed by atoms with E-state index in [9.17, 15) is 8.42 Å². The van der Waals surface area contributed by atoms with Gasteiger partial charge in [0.2, 0.25) is 10.0 Å². The minimum absolute atomic E-state index is 0.225. The summed E-state index contributed by atoms with van der Waals surface area (Å²) >= 11 is 0. The summed E-state index contributed by atoms with van der Waals surface area (Å²) in [6.45, 7) is 1.22. The Labute approximate surface area is 154 Å². The summed E-state index contributed by atoms with van der Waals surface area (Å²) in [4.78, 5) is 3.30. The second-order valence-electron chi connectivity index (χ2n) is 7.04. The molecule has 1 aliphatic rings. The van der Waals surface area contributed by atoms with Crippen LogP contribution in [0, 0.1) is 0 Å². The van der Waals surface area contributed by atoms with Gasteiger partial charge in [0.25, 0.3) is 0 Å². The average molecular weight is 369 g/mol. The van der Waals surface area contributed by atoms with Gasteiger partial charge in [0.15, 0.2) is 0 Å². The largest absolute Gasteiger partial charge is 0.361 e. The van der Waals surface area contributed by atoms with Gasteiger partial charge in [-0.15, -0.1) is 0 Å². The molecule has 3 aromatic rings. The molecule has 1 saturated heterocycles. The van der Waals surface area contributed by atoms with E-state index in [-0.39, 0.29) is 11.7 Å². The lowest BCUT2D eigenvalue weighted by Gasteiger charge is -2.16. The summed E-state index contributed by atoms with van der Waals surface area (Å²) in [5.74, 6) is 0.498. The van der Waals surface area contributed by atoms with Crippen LogP contribution in [-0.2, 0) is 16.4 Å². The topological polar surface area (TPSA) is 53.2 Å². The smallest absolute Gasteiger partial charge is 0.214 e. The van der Waals surface area contributed by atoms with Gasteiger partial charge >= 0.3 is 0 Å². The lowest BCUT2D eigenvalue weighted by molar-refractivity contribution is 0.471. The number of sulfonamides is 1. The number of nitrogens with zero attached hydrogens (tertiary/aromatic N) is 1. The van der Waals surface area contributed by atoms with Gasteiger partial charge in [-0.2, -0.15) is 0 Å². The zero-order valence-electron chi connectivity index (χ0n) is 14.8. The molecule has 26 heavy (non-hydrogen) atoms. The first-order valence-electron chi connectivity index (χ1n) is 9.21. The minimum atomic E-state index is -3.18. The standard InChI is InChI=1S/C21H24N2O2S/c24-26(25,14-6-9-17-7-2-1-3-8-17)23-13-12-18(16-23)20-15-22-21-11-5-4-10-19(20)21/h1-5,7-8,10-11,15,18,22H,6,9,12-14,16H2. The molecule has 0 radical (unpaired) electrons. The molecule has 1 aromatic heterocycles. The van der Waals surface area contributed by atoms with Gasteiger partial charge in [-0.1, -0.05) is 48.5 Å². The maximum atomic E-state index is 12.7. The number of para-hydroxylation sites is 1. The lowest BCUT2D eigenvalue weighted by Crippen LogP contribution is -2.31. The van der Waals surface area contributed by atoms with E-state index in [4.69, 9.17) is 0 Å². The number of hydrogen-bond donors (Lipinski definition) is 1. The third kappa shape index (κ3) is 3.55. The summed E-state index contributed by atoms with van der Waals surface area (Å²) < 4.78 is 27.1. The molecule has 2 aromatic carbocycles. The molecule has 4 nitrogen and oxygen atoms in total. The molecule has 1 aliphatic heterocycles. The molecule has 1 fully saturated rings. The van der Waals surface area contributed by atoms with Crippen LogP contribution in [0.25, 0.3) is 10.9 Å². The molecule has 5 heteroatoms. The molecule has 1 atom stereocenters. The fourth-order valence-corrected chi connectivity index (χ4v) is 5.46. The number of benzene rings is 2. The van der Waals surface area contributed by atoms with Gasteiger partial charge < -0.3 is 4.98 Å². The van der Waals surface area contributed by atoms with Crippen molar-refractivity contribution in [2.45, 2.75) is 25.2 Å². The van der Waals surface area contributed by atoms with Crippen molar-refractivity contribution in [2.75, 3.05) is 18.8 Å². The molecule has 0 amide bonds. The van der Waals surface area contributed by atoms with Crippen LogP contribution in [0.2, 0.25) is 0 Å². The minimum Gasteiger partial charge on any atom is -0.361 e. The Morgan fingerprint density at radius 1 is 1.04 bits per heavy atom. The SMILES string of the molecule is O=S(=O)(CCCc1ccccc1)N1CCC(c2c[nH]c3ccccc23)C1. The van der Waals surface area contributed by atoms with Crippen molar-refractivity contribution in [3.63, 3.8) is 0 Å². The Morgan fingerprint density at radius 3 is 2.65 bits per heavy atom. The van der Waals surface area contributed by atoms with Crippen LogP contribution in [0.5, 0.6) is 0 Å². The monoisotopic (exact) mass is 368 g/mol. The van der Waals surface area contributed by atoms with Crippen molar-refractivity contribution in [3.05, 3.63) is 71.9 Å². The van der Waals surface area contributed by atoms with E-state index in [2.05, 4.69) is 29.2 Å². The molecule has 4 rings (SSSR count). The molecule has 0 bridgehead atoms. The summed E-state index contributed by atoms with van der Waals surface area (Å²) in [6, 6.07) is 18.3. The second-order valence-corrected chi connectivity index (χ2v) is 9.13.